The number of methoxy groups -OCH3 is 1. The van der Waals surface area contributed by atoms with Crippen molar-refractivity contribution in [2.24, 2.45) is 0 Å². The molecule has 2 amide bonds. The smallest absolute Gasteiger partial charge is 0.255 e. The van der Waals surface area contributed by atoms with Crippen LogP contribution >= 0.6 is 11.6 Å². The predicted molar refractivity (Wildman–Crippen MR) is 134 cm³/mol. The van der Waals surface area contributed by atoms with E-state index in [9.17, 15) is 9.59 Å². The topological polar surface area (TPSA) is 83.8 Å². The highest BCUT2D eigenvalue weighted by molar-refractivity contribution is 6.31. The molecule has 1 aromatic heterocycles. The summed E-state index contributed by atoms with van der Waals surface area (Å²) in [7, 11) is 1.56. The molecule has 174 valence electrons. The summed E-state index contributed by atoms with van der Waals surface area (Å²) in [5.74, 6) is 0.169. The quantitative estimate of drug-likeness (QED) is 0.381. The molecular formula is C26H24ClN3O4. The molecule has 2 heterocycles. The van der Waals surface area contributed by atoms with Crippen LogP contribution in [-0.4, -0.2) is 43.5 Å². The Balaban J connectivity index is 1.34. The largest absolute Gasteiger partial charge is 0.495 e. The van der Waals surface area contributed by atoms with Gasteiger partial charge in [-0.2, -0.15) is 0 Å². The lowest BCUT2D eigenvalue weighted by molar-refractivity contribution is -0.114. The second-order valence-electron chi connectivity index (χ2n) is 8.24. The summed E-state index contributed by atoms with van der Waals surface area (Å²) < 4.78 is 11.4. The third-order valence-corrected chi connectivity index (χ3v) is 6.25. The fraction of sp³-hybridized carbons (Fsp3) is 0.231. The van der Waals surface area contributed by atoms with Crippen molar-refractivity contribution in [3.63, 3.8) is 0 Å². The number of likely N-dealkylation sites (tertiary alicyclic amines) is 1. The Bertz CT molecular complexity index is 1390. The second-order valence-corrected chi connectivity index (χ2v) is 8.67. The maximum Gasteiger partial charge on any atom is 0.255 e. The number of hydrogen-bond donors (Lipinski definition) is 2. The van der Waals surface area contributed by atoms with E-state index in [1.165, 1.54) is 0 Å². The summed E-state index contributed by atoms with van der Waals surface area (Å²) in [4.78, 5) is 27.5. The number of rotatable bonds is 6. The molecule has 0 bridgehead atoms. The normalized spacial score (nSPS) is 13.4. The average Bonchev–Trinajstić information content (AvgIpc) is 3.50. The van der Waals surface area contributed by atoms with E-state index < -0.39 is 0 Å². The molecule has 3 aromatic carbocycles. The Morgan fingerprint density at radius 1 is 1.00 bits per heavy atom. The number of para-hydroxylation sites is 1. The number of amides is 2. The van der Waals surface area contributed by atoms with E-state index in [0.29, 0.717) is 33.3 Å². The number of nitrogens with one attached hydrogen (secondary N) is 2. The number of nitrogens with zero attached hydrogens (tertiary/aromatic N) is 1. The van der Waals surface area contributed by atoms with Gasteiger partial charge in [0.15, 0.2) is 0 Å². The molecule has 7 nitrogen and oxygen atoms in total. The molecule has 0 atom stereocenters. The van der Waals surface area contributed by atoms with E-state index in [1.54, 1.807) is 31.4 Å². The van der Waals surface area contributed by atoms with Gasteiger partial charge in [-0.15, -0.1) is 0 Å². The Morgan fingerprint density at radius 2 is 1.79 bits per heavy atom. The summed E-state index contributed by atoms with van der Waals surface area (Å²) in [6, 6.07) is 16.4. The van der Waals surface area contributed by atoms with Crippen LogP contribution < -0.4 is 15.4 Å². The molecule has 1 fully saturated rings. The Labute approximate surface area is 201 Å². The maximum atomic E-state index is 12.9. The van der Waals surface area contributed by atoms with Gasteiger partial charge in [0.25, 0.3) is 5.91 Å². The highest BCUT2D eigenvalue weighted by Gasteiger charge is 2.22. The molecule has 2 N–H and O–H groups in total. The van der Waals surface area contributed by atoms with Crippen molar-refractivity contribution in [2.45, 2.75) is 12.8 Å². The molecule has 0 unspecified atom stereocenters. The average molecular weight is 478 g/mol. The molecule has 0 saturated carbocycles. The molecule has 4 aromatic rings. The zero-order chi connectivity index (χ0) is 23.7. The first-order valence-corrected chi connectivity index (χ1v) is 11.5. The SMILES string of the molecule is COc1cc2c(cc1NC(=O)CNc1cc(Cl)ccc1C(=O)N1CCCC1)oc1ccccc12. The molecule has 0 radical (unpaired) electrons. The highest BCUT2D eigenvalue weighted by atomic mass is 35.5. The molecular weight excluding hydrogens is 454 g/mol. The Kier molecular flexibility index (Phi) is 6.02. The number of furan rings is 1. The number of anilines is 2. The molecule has 0 aliphatic carbocycles. The van der Waals surface area contributed by atoms with Crippen molar-refractivity contribution in [2.75, 3.05) is 37.4 Å². The van der Waals surface area contributed by atoms with Gasteiger partial charge in [-0.1, -0.05) is 29.8 Å². The van der Waals surface area contributed by atoms with Crippen molar-refractivity contribution in [1.29, 1.82) is 0 Å². The summed E-state index contributed by atoms with van der Waals surface area (Å²) in [6.45, 7) is 1.43. The van der Waals surface area contributed by atoms with Crippen LogP contribution in [0.25, 0.3) is 21.9 Å². The molecule has 0 spiro atoms. The van der Waals surface area contributed by atoms with Gasteiger partial charge in [0.2, 0.25) is 5.91 Å². The van der Waals surface area contributed by atoms with Gasteiger partial charge in [0.1, 0.15) is 16.9 Å². The van der Waals surface area contributed by atoms with Crippen LogP contribution in [0.4, 0.5) is 11.4 Å². The van der Waals surface area contributed by atoms with E-state index in [-0.39, 0.29) is 18.4 Å². The monoisotopic (exact) mass is 477 g/mol. The highest BCUT2D eigenvalue weighted by Crippen LogP contribution is 2.36. The standard InChI is InChI=1S/C26H24ClN3O4/c1-33-24-13-19-17-6-2-3-7-22(17)34-23(19)14-21(24)29-25(31)15-28-20-12-16(27)8-9-18(20)26(32)30-10-4-5-11-30/h2-3,6-9,12-14,28H,4-5,10-11,15H2,1H3,(H,29,31). The van der Waals surface area contributed by atoms with Crippen molar-refractivity contribution < 1.29 is 18.7 Å². The van der Waals surface area contributed by atoms with Gasteiger partial charge >= 0.3 is 0 Å². The molecule has 8 heteroatoms. The first kappa shape index (κ1) is 22.1. The van der Waals surface area contributed by atoms with E-state index >= 15 is 0 Å². The summed E-state index contributed by atoms with van der Waals surface area (Å²) >= 11 is 6.16. The second kappa shape index (κ2) is 9.27. The summed E-state index contributed by atoms with van der Waals surface area (Å²) in [5.41, 5.74) is 2.94. The van der Waals surface area contributed by atoms with Crippen LogP contribution in [0.5, 0.6) is 5.75 Å². The van der Waals surface area contributed by atoms with Crippen molar-refractivity contribution in [1.82, 2.24) is 4.90 Å². The van der Waals surface area contributed by atoms with Crippen LogP contribution in [0.3, 0.4) is 0 Å². The van der Waals surface area contributed by atoms with Crippen molar-refractivity contribution in [3.8, 4) is 5.75 Å². The third-order valence-electron chi connectivity index (χ3n) is 6.02. The fourth-order valence-electron chi connectivity index (χ4n) is 4.33. The predicted octanol–water partition coefficient (Wildman–Crippen LogP) is 5.53. The number of fused-ring (bicyclic) bond motifs is 3. The number of carbonyl (C=O) groups excluding carboxylic acids is 2. The van der Waals surface area contributed by atoms with Crippen LogP contribution in [0.15, 0.2) is 59.0 Å². The Morgan fingerprint density at radius 3 is 2.59 bits per heavy atom. The van der Waals surface area contributed by atoms with Gasteiger partial charge in [-0.25, -0.2) is 0 Å². The molecule has 1 aliphatic rings. The van der Waals surface area contributed by atoms with Crippen molar-refractivity contribution in [3.05, 3.63) is 65.2 Å². The molecule has 1 aliphatic heterocycles. The number of carbonyl (C=O) groups is 2. The number of halogens is 1. The summed E-state index contributed by atoms with van der Waals surface area (Å²) in [5, 5.41) is 8.31. The number of hydrogen-bond acceptors (Lipinski definition) is 5. The van der Waals surface area contributed by atoms with Gasteiger partial charge < -0.3 is 24.7 Å². The van der Waals surface area contributed by atoms with Gasteiger partial charge in [-0.3, -0.25) is 9.59 Å². The number of benzene rings is 3. The maximum absolute atomic E-state index is 12.9. The lowest BCUT2D eigenvalue weighted by atomic mass is 10.1. The van der Waals surface area contributed by atoms with Crippen molar-refractivity contribution >= 4 is 56.7 Å². The van der Waals surface area contributed by atoms with E-state index in [2.05, 4.69) is 10.6 Å². The minimum Gasteiger partial charge on any atom is -0.495 e. The molecule has 1 saturated heterocycles. The van der Waals surface area contributed by atoms with E-state index in [4.69, 9.17) is 20.8 Å². The van der Waals surface area contributed by atoms with Gasteiger partial charge in [0.05, 0.1) is 24.9 Å². The number of ether oxygens (including phenoxy) is 1. The zero-order valence-electron chi connectivity index (χ0n) is 18.7. The van der Waals surface area contributed by atoms with Crippen LogP contribution in [0.2, 0.25) is 5.02 Å². The fourth-order valence-corrected chi connectivity index (χ4v) is 4.50. The van der Waals surface area contributed by atoms with E-state index in [1.807, 2.05) is 35.2 Å². The zero-order valence-corrected chi connectivity index (χ0v) is 19.4. The van der Waals surface area contributed by atoms with Crippen LogP contribution in [0, 0.1) is 0 Å². The Hall–Kier alpha value is -3.71. The minimum atomic E-state index is -0.298. The lowest BCUT2D eigenvalue weighted by Gasteiger charge is -2.18. The van der Waals surface area contributed by atoms with Crippen LogP contribution in [-0.2, 0) is 4.79 Å². The summed E-state index contributed by atoms with van der Waals surface area (Å²) in [6.07, 6.45) is 2.00. The molecule has 5 rings (SSSR count). The minimum absolute atomic E-state index is 0.0536. The van der Waals surface area contributed by atoms with E-state index in [0.717, 1.165) is 42.3 Å². The first-order valence-electron chi connectivity index (χ1n) is 11.2. The van der Waals surface area contributed by atoms with Crippen LogP contribution in [0.1, 0.15) is 23.2 Å². The third kappa shape index (κ3) is 4.26. The van der Waals surface area contributed by atoms with Gasteiger partial charge in [0, 0.05) is 40.6 Å². The first-order chi connectivity index (χ1) is 16.5. The lowest BCUT2D eigenvalue weighted by Crippen LogP contribution is -2.29. The molecule has 34 heavy (non-hydrogen) atoms. The van der Waals surface area contributed by atoms with Gasteiger partial charge in [-0.05, 0) is 43.2 Å².